The van der Waals surface area contributed by atoms with Crippen molar-refractivity contribution in [3.8, 4) is 0 Å². The predicted molar refractivity (Wildman–Crippen MR) is 64.4 cm³/mol. The highest BCUT2D eigenvalue weighted by atomic mass is 32.2. The summed E-state index contributed by atoms with van der Waals surface area (Å²) < 4.78 is 24.3. The van der Waals surface area contributed by atoms with Gasteiger partial charge in [0.2, 0.25) is 0 Å². The SMILES string of the molecule is CC(C)n1ncnc1CC(O)C(C)S(C)(=O)=O. The van der Waals surface area contributed by atoms with Crippen LogP contribution in [-0.2, 0) is 16.3 Å². The lowest BCUT2D eigenvalue weighted by Crippen LogP contribution is -2.33. The summed E-state index contributed by atoms with van der Waals surface area (Å²) in [5.41, 5.74) is 0. The zero-order valence-electron chi connectivity index (χ0n) is 10.5. The molecule has 1 aromatic rings. The van der Waals surface area contributed by atoms with E-state index in [1.807, 2.05) is 13.8 Å². The van der Waals surface area contributed by atoms with Crippen molar-refractivity contribution in [1.82, 2.24) is 14.8 Å². The van der Waals surface area contributed by atoms with Crippen LogP contribution < -0.4 is 0 Å². The molecule has 1 heterocycles. The summed E-state index contributed by atoms with van der Waals surface area (Å²) in [6.45, 7) is 5.39. The summed E-state index contributed by atoms with van der Waals surface area (Å²) >= 11 is 0. The first kappa shape index (κ1) is 14.1. The highest BCUT2D eigenvalue weighted by molar-refractivity contribution is 7.91. The lowest BCUT2D eigenvalue weighted by Gasteiger charge is -2.17. The summed E-state index contributed by atoms with van der Waals surface area (Å²) in [6.07, 6.45) is 1.75. The Bertz CT molecular complexity index is 467. The van der Waals surface area contributed by atoms with E-state index in [4.69, 9.17) is 0 Å². The summed E-state index contributed by atoms with van der Waals surface area (Å²) in [7, 11) is -3.25. The third kappa shape index (κ3) is 3.50. The van der Waals surface area contributed by atoms with Gasteiger partial charge >= 0.3 is 0 Å². The topological polar surface area (TPSA) is 85.1 Å². The highest BCUT2D eigenvalue weighted by Crippen LogP contribution is 2.12. The van der Waals surface area contributed by atoms with Gasteiger partial charge in [0.25, 0.3) is 0 Å². The van der Waals surface area contributed by atoms with Gasteiger partial charge in [0.05, 0.1) is 11.4 Å². The molecule has 0 aromatic carbocycles. The van der Waals surface area contributed by atoms with Gasteiger partial charge in [-0.1, -0.05) is 0 Å². The molecule has 1 aromatic heterocycles. The van der Waals surface area contributed by atoms with E-state index in [-0.39, 0.29) is 12.5 Å². The number of hydrogen-bond acceptors (Lipinski definition) is 5. The molecular weight excluding hydrogens is 242 g/mol. The van der Waals surface area contributed by atoms with Crippen LogP contribution in [0, 0.1) is 0 Å². The van der Waals surface area contributed by atoms with Crippen molar-refractivity contribution in [1.29, 1.82) is 0 Å². The largest absolute Gasteiger partial charge is 0.391 e. The molecule has 7 heteroatoms. The van der Waals surface area contributed by atoms with Gasteiger partial charge in [0, 0.05) is 18.7 Å². The van der Waals surface area contributed by atoms with Gasteiger partial charge < -0.3 is 5.11 Å². The number of aliphatic hydroxyl groups is 1. The van der Waals surface area contributed by atoms with Crippen LogP contribution >= 0.6 is 0 Å². The van der Waals surface area contributed by atoms with E-state index in [2.05, 4.69) is 10.1 Å². The first-order chi connectivity index (χ1) is 7.73. The van der Waals surface area contributed by atoms with Crippen LogP contribution in [0.3, 0.4) is 0 Å². The second kappa shape index (κ2) is 5.14. The van der Waals surface area contributed by atoms with E-state index in [9.17, 15) is 13.5 Å². The summed E-state index contributed by atoms with van der Waals surface area (Å²) in [5.74, 6) is 0.600. The summed E-state index contributed by atoms with van der Waals surface area (Å²) in [5, 5.41) is 13.1. The van der Waals surface area contributed by atoms with Crippen molar-refractivity contribution in [3.63, 3.8) is 0 Å². The van der Waals surface area contributed by atoms with Crippen molar-refractivity contribution in [2.45, 2.75) is 44.6 Å². The minimum Gasteiger partial charge on any atom is -0.391 e. The molecule has 17 heavy (non-hydrogen) atoms. The fourth-order valence-corrected chi connectivity index (χ4v) is 2.16. The molecule has 2 unspecified atom stereocenters. The fraction of sp³-hybridized carbons (Fsp3) is 0.800. The maximum atomic E-state index is 11.3. The molecule has 6 nitrogen and oxygen atoms in total. The molecular formula is C10H19N3O3S. The molecule has 0 saturated carbocycles. The first-order valence-corrected chi connectivity index (χ1v) is 7.44. The van der Waals surface area contributed by atoms with Crippen molar-refractivity contribution < 1.29 is 13.5 Å². The van der Waals surface area contributed by atoms with Crippen molar-refractivity contribution in [3.05, 3.63) is 12.2 Å². The Morgan fingerprint density at radius 2 is 2.00 bits per heavy atom. The zero-order chi connectivity index (χ0) is 13.2. The average Bonchev–Trinajstić information content (AvgIpc) is 2.63. The van der Waals surface area contributed by atoms with Gasteiger partial charge in [-0.3, -0.25) is 0 Å². The van der Waals surface area contributed by atoms with Gasteiger partial charge in [-0.15, -0.1) is 0 Å². The molecule has 0 radical (unpaired) electrons. The van der Waals surface area contributed by atoms with E-state index in [1.54, 1.807) is 4.68 Å². The lowest BCUT2D eigenvalue weighted by atomic mass is 10.2. The van der Waals surface area contributed by atoms with Crippen molar-refractivity contribution in [2.24, 2.45) is 0 Å². The van der Waals surface area contributed by atoms with Crippen LogP contribution in [-0.4, -0.2) is 45.9 Å². The highest BCUT2D eigenvalue weighted by Gasteiger charge is 2.26. The Morgan fingerprint density at radius 1 is 1.41 bits per heavy atom. The van der Waals surface area contributed by atoms with Crippen LogP contribution in [0.5, 0.6) is 0 Å². The molecule has 0 aliphatic carbocycles. The van der Waals surface area contributed by atoms with Crippen LogP contribution in [0.4, 0.5) is 0 Å². The molecule has 0 aliphatic heterocycles. The molecule has 2 atom stereocenters. The third-order valence-electron chi connectivity index (χ3n) is 2.75. The van der Waals surface area contributed by atoms with E-state index >= 15 is 0 Å². The second-order valence-corrected chi connectivity index (χ2v) is 6.92. The second-order valence-electron chi connectivity index (χ2n) is 4.52. The van der Waals surface area contributed by atoms with Crippen molar-refractivity contribution >= 4 is 9.84 Å². The molecule has 0 bridgehead atoms. The number of nitrogens with zero attached hydrogens (tertiary/aromatic N) is 3. The summed E-state index contributed by atoms with van der Waals surface area (Å²) in [4.78, 5) is 4.04. The molecule has 0 amide bonds. The molecule has 0 aliphatic rings. The molecule has 0 saturated heterocycles. The van der Waals surface area contributed by atoms with E-state index in [1.165, 1.54) is 13.3 Å². The van der Waals surface area contributed by atoms with Crippen LogP contribution in [0.25, 0.3) is 0 Å². The first-order valence-electron chi connectivity index (χ1n) is 5.48. The zero-order valence-corrected chi connectivity index (χ0v) is 11.3. The van der Waals surface area contributed by atoms with Crippen LogP contribution in [0.15, 0.2) is 6.33 Å². The fourth-order valence-electron chi connectivity index (χ4n) is 1.49. The Balaban J connectivity index is 2.81. The Morgan fingerprint density at radius 3 is 2.47 bits per heavy atom. The minimum absolute atomic E-state index is 0.133. The van der Waals surface area contributed by atoms with E-state index in [0.29, 0.717) is 5.82 Å². The summed E-state index contributed by atoms with van der Waals surface area (Å²) in [6, 6.07) is 0.133. The standard InChI is InChI=1S/C10H19N3O3S/c1-7(2)13-10(11-6-12-13)5-9(14)8(3)17(4,15)16/h6-9,14H,5H2,1-4H3. The third-order valence-corrected chi connectivity index (χ3v) is 4.41. The number of sulfone groups is 1. The predicted octanol–water partition coefficient (Wildman–Crippen LogP) is 0.196. The van der Waals surface area contributed by atoms with Crippen molar-refractivity contribution in [2.75, 3.05) is 6.26 Å². The molecule has 1 rings (SSSR count). The van der Waals surface area contributed by atoms with Gasteiger partial charge in [-0.25, -0.2) is 18.1 Å². The maximum Gasteiger partial charge on any atom is 0.152 e. The van der Waals surface area contributed by atoms with Crippen LogP contribution in [0.1, 0.15) is 32.6 Å². The molecule has 0 fully saturated rings. The number of aliphatic hydroxyl groups excluding tert-OH is 1. The Labute approximate surface area is 102 Å². The van der Waals surface area contributed by atoms with E-state index in [0.717, 1.165) is 6.26 Å². The number of rotatable bonds is 5. The molecule has 0 spiro atoms. The minimum atomic E-state index is -3.25. The van der Waals surface area contributed by atoms with Gasteiger partial charge in [0.1, 0.15) is 12.2 Å². The van der Waals surface area contributed by atoms with Gasteiger partial charge in [0.15, 0.2) is 9.84 Å². The lowest BCUT2D eigenvalue weighted by molar-refractivity contribution is 0.168. The van der Waals surface area contributed by atoms with Gasteiger partial charge in [-0.2, -0.15) is 5.10 Å². The smallest absolute Gasteiger partial charge is 0.152 e. The Hall–Kier alpha value is -0.950. The monoisotopic (exact) mass is 261 g/mol. The quantitative estimate of drug-likeness (QED) is 0.818. The normalized spacial score (nSPS) is 16.1. The molecule has 1 N–H and O–H groups in total. The molecule has 98 valence electrons. The maximum absolute atomic E-state index is 11.3. The number of hydrogen-bond donors (Lipinski definition) is 1. The number of aromatic nitrogens is 3. The van der Waals surface area contributed by atoms with E-state index < -0.39 is 21.2 Å². The average molecular weight is 261 g/mol. The van der Waals surface area contributed by atoms with Crippen LogP contribution in [0.2, 0.25) is 0 Å². The van der Waals surface area contributed by atoms with Gasteiger partial charge in [-0.05, 0) is 20.8 Å². The Kier molecular flexibility index (Phi) is 4.26.